The van der Waals surface area contributed by atoms with E-state index in [0.717, 1.165) is 61.0 Å². The van der Waals surface area contributed by atoms with Crippen molar-refractivity contribution in [1.82, 2.24) is 14.3 Å². The Kier molecular flexibility index (Phi) is 8.91. The van der Waals surface area contributed by atoms with Crippen LogP contribution in [0.2, 0.25) is 10.0 Å². The van der Waals surface area contributed by atoms with Crippen LogP contribution in [0.4, 0.5) is 11.4 Å². The van der Waals surface area contributed by atoms with Gasteiger partial charge >= 0.3 is 5.69 Å². The van der Waals surface area contributed by atoms with E-state index in [2.05, 4.69) is 39.2 Å². The van der Waals surface area contributed by atoms with Crippen LogP contribution in [0.25, 0.3) is 5.69 Å². The lowest BCUT2D eigenvalue weighted by molar-refractivity contribution is -0.164. The molecule has 11 heteroatoms. The Bertz CT molecular complexity index is 1630. The number of piperazine rings is 1. The van der Waals surface area contributed by atoms with Crippen molar-refractivity contribution in [3.63, 3.8) is 0 Å². The van der Waals surface area contributed by atoms with Gasteiger partial charge in [0.1, 0.15) is 24.8 Å². The summed E-state index contributed by atoms with van der Waals surface area (Å²) in [6.07, 6.45) is 2.23. The number of nitrogens with zero attached hydrogens (tertiary/aromatic N) is 5. The molecule has 0 amide bonds. The maximum Gasteiger partial charge on any atom is 0.350 e. The summed E-state index contributed by atoms with van der Waals surface area (Å²) in [5.74, 6) is -0.163. The standard InChI is InChI=1S/C33H37Cl2N5O4/c1-4-23(2)40-32(41)39(22-36-40)27-8-6-25(7-9-27)37-15-17-38(18-16-37)26-10-12-28(13-11-26)42-20-29-21-43-33(3,44-29)30-14-5-24(34)19-31(30)35/h5-14,19,22-23,29H,4,15-18,20-21H2,1-3H3/t23-,29-,33+/m0/s1. The maximum atomic E-state index is 12.8. The zero-order chi connectivity index (χ0) is 30.8. The Morgan fingerprint density at radius 3 is 2.18 bits per heavy atom. The van der Waals surface area contributed by atoms with E-state index >= 15 is 0 Å². The van der Waals surface area contributed by atoms with Crippen molar-refractivity contribution in [3.05, 3.63) is 99.2 Å². The highest BCUT2D eigenvalue weighted by Gasteiger charge is 2.40. The van der Waals surface area contributed by atoms with Crippen LogP contribution in [-0.2, 0) is 15.3 Å². The highest BCUT2D eigenvalue weighted by molar-refractivity contribution is 6.35. The molecule has 0 aliphatic carbocycles. The number of hydrogen-bond acceptors (Lipinski definition) is 7. The van der Waals surface area contributed by atoms with Crippen LogP contribution in [0.3, 0.4) is 0 Å². The van der Waals surface area contributed by atoms with Crippen molar-refractivity contribution in [2.24, 2.45) is 0 Å². The molecule has 9 nitrogen and oxygen atoms in total. The summed E-state index contributed by atoms with van der Waals surface area (Å²) in [5.41, 5.74) is 3.76. The average Bonchev–Trinajstić information content (AvgIpc) is 3.62. The first-order valence-corrected chi connectivity index (χ1v) is 15.8. The van der Waals surface area contributed by atoms with E-state index in [0.29, 0.717) is 23.3 Å². The number of halogens is 2. The minimum atomic E-state index is -0.944. The Balaban J connectivity index is 0.991. The number of hydrogen-bond donors (Lipinski definition) is 0. The van der Waals surface area contributed by atoms with E-state index in [1.165, 1.54) is 0 Å². The number of benzene rings is 3. The highest BCUT2D eigenvalue weighted by Crippen LogP contribution is 2.38. The molecule has 0 unspecified atom stereocenters. The number of aromatic nitrogens is 3. The quantitative estimate of drug-likeness (QED) is 0.213. The zero-order valence-electron chi connectivity index (χ0n) is 25.2. The Hall–Kier alpha value is -3.50. The molecular weight excluding hydrogens is 601 g/mol. The number of ether oxygens (including phenoxy) is 3. The molecule has 0 N–H and O–H groups in total. The van der Waals surface area contributed by atoms with Gasteiger partial charge in [0.05, 0.1) is 23.4 Å². The van der Waals surface area contributed by atoms with Crippen molar-refractivity contribution < 1.29 is 14.2 Å². The normalized spacial score (nSPS) is 21.1. The molecule has 0 saturated carbocycles. The zero-order valence-corrected chi connectivity index (χ0v) is 26.7. The number of anilines is 2. The predicted octanol–water partition coefficient (Wildman–Crippen LogP) is 6.31. The highest BCUT2D eigenvalue weighted by atomic mass is 35.5. The minimum absolute atomic E-state index is 0.0725. The monoisotopic (exact) mass is 637 g/mol. The third kappa shape index (κ3) is 6.33. The molecule has 0 radical (unpaired) electrons. The van der Waals surface area contributed by atoms with Gasteiger partial charge in [0.2, 0.25) is 0 Å². The van der Waals surface area contributed by atoms with Crippen LogP contribution in [0.5, 0.6) is 5.75 Å². The molecule has 0 spiro atoms. The molecular formula is C33H37Cl2N5O4. The van der Waals surface area contributed by atoms with Gasteiger partial charge in [0.25, 0.3) is 0 Å². The van der Waals surface area contributed by atoms with E-state index in [1.54, 1.807) is 27.7 Å². The summed E-state index contributed by atoms with van der Waals surface area (Å²) in [4.78, 5) is 17.5. The van der Waals surface area contributed by atoms with Crippen molar-refractivity contribution in [3.8, 4) is 11.4 Å². The second kappa shape index (κ2) is 12.9. The summed E-state index contributed by atoms with van der Waals surface area (Å²) in [7, 11) is 0. The molecule has 1 aromatic heterocycles. The average molecular weight is 639 g/mol. The summed E-state index contributed by atoms with van der Waals surface area (Å²) < 4.78 is 21.3. The molecule has 3 aromatic carbocycles. The van der Waals surface area contributed by atoms with Crippen molar-refractivity contribution in [2.75, 3.05) is 49.2 Å². The van der Waals surface area contributed by atoms with Gasteiger partial charge in [-0.15, -0.1) is 0 Å². The van der Waals surface area contributed by atoms with E-state index in [4.69, 9.17) is 37.4 Å². The molecule has 232 valence electrons. The fourth-order valence-corrected chi connectivity index (χ4v) is 6.26. The van der Waals surface area contributed by atoms with Gasteiger partial charge in [-0.1, -0.05) is 36.2 Å². The first-order chi connectivity index (χ1) is 21.2. The third-order valence-corrected chi connectivity index (χ3v) is 9.02. The Morgan fingerprint density at radius 2 is 1.57 bits per heavy atom. The lowest BCUT2D eigenvalue weighted by Crippen LogP contribution is -2.46. The van der Waals surface area contributed by atoms with Gasteiger partial charge in [0, 0.05) is 48.1 Å². The van der Waals surface area contributed by atoms with Crippen LogP contribution < -0.4 is 20.2 Å². The number of rotatable bonds is 9. The first-order valence-electron chi connectivity index (χ1n) is 15.0. The third-order valence-electron chi connectivity index (χ3n) is 8.47. The van der Waals surface area contributed by atoms with Gasteiger partial charge in [-0.05, 0) is 80.9 Å². The minimum Gasteiger partial charge on any atom is -0.491 e. The van der Waals surface area contributed by atoms with Crippen LogP contribution in [0.1, 0.15) is 38.8 Å². The van der Waals surface area contributed by atoms with Crippen LogP contribution >= 0.6 is 23.2 Å². The molecule has 6 rings (SSSR count). The molecule has 2 aliphatic heterocycles. The van der Waals surface area contributed by atoms with Gasteiger partial charge < -0.3 is 24.0 Å². The molecule has 44 heavy (non-hydrogen) atoms. The molecule has 2 saturated heterocycles. The van der Waals surface area contributed by atoms with E-state index < -0.39 is 5.79 Å². The predicted molar refractivity (Wildman–Crippen MR) is 174 cm³/mol. The fraction of sp³-hybridized carbons (Fsp3) is 0.394. The lowest BCUT2D eigenvalue weighted by Gasteiger charge is -2.37. The Labute approximate surface area is 267 Å². The molecule has 2 fully saturated rings. The van der Waals surface area contributed by atoms with Crippen LogP contribution in [-0.4, -0.2) is 59.8 Å². The largest absolute Gasteiger partial charge is 0.491 e. The van der Waals surface area contributed by atoms with Crippen molar-refractivity contribution in [1.29, 1.82) is 0 Å². The van der Waals surface area contributed by atoms with E-state index in [-0.39, 0.29) is 17.8 Å². The van der Waals surface area contributed by atoms with Gasteiger partial charge in [0.15, 0.2) is 5.79 Å². The molecule has 3 atom stereocenters. The maximum absolute atomic E-state index is 12.8. The second-order valence-corrected chi connectivity index (χ2v) is 12.2. The van der Waals surface area contributed by atoms with Gasteiger partial charge in [-0.25, -0.2) is 14.0 Å². The van der Waals surface area contributed by atoms with Crippen molar-refractivity contribution >= 4 is 34.6 Å². The van der Waals surface area contributed by atoms with E-state index in [9.17, 15) is 4.79 Å². The molecule has 3 heterocycles. The summed E-state index contributed by atoms with van der Waals surface area (Å²) >= 11 is 12.4. The van der Waals surface area contributed by atoms with Crippen molar-refractivity contribution in [2.45, 2.75) is 45.1 Å². The summed E-state index contributed by atoms with van der Waals surface area (Å²) in [6.45, 7) is 10.3. The second-order valence-electron chi connectivity index (χ2n) is 11.4. The molecule has 4 aromatic rings. The molecule has 2 aliphatic rings. The van der Waals surface area contributed by atoms with E-state index in [1.807, 2.05) is 51.1 Å². The van der Waals surface area contributed by atoms with Gasteiger partial charge in [-0.2, -0.15) is 5.10 Å². The lowest BCUT2D eigenvalue weighted by atomic mass is 10.1. The molecule has 0 bridgehead atoms. The summed E-state index contributed by atoms with van der Waals surface area (Å²) in [6, 6.07) is 21.7. The van der Waals surface area contributed by atoms with Gasteiger partial charge in [-0.3, -0.25) is 0 Å². The van der Waals surface area contributed by atoms with Crippen LogP contribution in [0.15, 0.2) is 77.9 Å². The fourth-order valence-electron chi connectivity index (χ4n) is 5.68. The summed E-state index contributed by atoms with van der Waals surface area (Å²) in [5, 5.41) is 5.37. The van der Waals surface area contributed by atoms with Crippen LogP contribution in [0, 0.1) is 0 Å². The first kappa shape index (κ1) is 30.5. The topological polar surface area (TPSA) is 74.0 Å². The Morgan fingerprint density at radius 1 is 0.955 bits per heavy atom. The SMILES string of the molecule is CC[C@H](C)n1ncn(-c2ccc(N3CCN(c4ccc(OC[C@H]5CO[C@@](C)(c6ccc(Cl)cc6Cl)O5)cc4)CC3)cc2)c1=O. The smallest absolute Gasteiger partial charge is 0.350 e.